The van der Waals surface area contributed by atoms with Gasteiger partial charge in [0.15, 0.2) is 0 Å². The van der Waals surface area contributed by atoms with Gasteiger partial charge in [0, 0.05) is 5.41 Å². The lowest BCUT2D eigenvalue weighted by molar-refractivity contribution is -0.0216. The summed E-state index contributed by atoms with van der Waals surface area (Å²) in [6.45, 7) is 8.49. The molecular formula is C10H21NO. The van der Waals surface area contributed by atoms with Gasteiger partial charge in [-0.25, -0.2) is 0 Å². The van der Waals surface area contributed by atoms with E-state index in [4.69, 9.17) is 0 Å². The molecule has 0 aliphatic carbocycles. The lowest BCUT2D eigenvalue weighted by atomic mass is 9.67. The van der Waals surface area contributed by atoms with Crippen LogP contribution in [0.5, 0.6) is 0 Å². The van der Waals surface area contributed by atoms with Crippen molar-refractivity contribution in [3.63, 3.8) is 0 Å². The number of rotatable bonds is 2. The Morgan fingerprint density at radius 2 is 1.67 bits per heavy atom. The predicted octanol–water partition coefficient (Wildman–Crippen LogP) is 1.39. The van der Waals surface area contributed by atoms with E-state index in [0.717, 1.165) is 25.9 Å². The molecule has 1 fully saturated rings. The third-order valence-electron chi connectivity index (χ3n) is 3.52. The van der Waals surface area contributed by atoms with Crippen LogP contribution in [0.1, 0.15) is 33.6 Å². The van der Waals surface area contributed by atoms with Crippen LogP contribution in [0.15, 0.2) is 0 Å². The zero-order valence-corrected chi connectivity index (χ0v) is 8.43. The van der Waals surface area contributed by atoms with Crippen molar-refractivity contribution in [1.82, 2.24) is 5.32 Å². The molecule has 1 aliphatic rings. The molecule has 2 heteroatoms. The molecule has 0 aromatic heterocycles. The highest BCUT2D eigenvalue weighted by Crippen LogP contribution is 2.39. The Hall–Kier alpha value is -0.0800. The molecule has 0 saturated carbocycles. The molecule has 1 saturated heterocycles. The Morgan fingerprint density at radius 3 is 1.92 bits per heavy atom. The van der Waals surface area contributed by atoms with E-state index in [-0.39, 0.29) is 11.5 Å². The van der Waals surface area contributed by atoms with Crippen LogP contribution < -0.4 is 5.32 Å². The van der Waals surface area contributed by atoms with E-state index < -0.39 is 0 Å². The molecule has 0 amide bonds. The monoisotopic (exact) mass is 171 g/mol. The summed E-state index contributed by atoms with van der Waals surface area (Å²) >= 11 is 0. The van der Waals surface area contributed by atoms with Gasteiger partial charge >= 0.3 is 0 Å². The number of hydrogen-bond donors (Lipinski definition) is 2. The molecule has 0 bridgehead atoms. The summed E-state index contributed by atoms with van der Waals surface area (Å²) in [7, 11) is 0. The standard InChI is InChI=1S/C10H21NO/c1-8(2)10(9(3)12)4-6-11-7-5-10/h8-9,11-12H,4-7H2,1-3H3. The molecule has 1 aliphatic heterocycles. The molecule has 1 rings (SSSR count). The summed E-state index contributed by atoms with van der Waals surface area (Å²) in [5, 5.41) is 13.1. The van der Waals surface area contributed by atoms with Crippen molar-refractivity contribution in [2.24, 2.45) is 11.3 Å². The molecule has 1 atom stereocenters. The summed E-state index contributed by atoms with van der Waals surface area (Å²) in [5.74, 6) is 0.583. The van der Waals surface area contributed by atoms with E-state index in [0.29, 0.717) is 5.92 Å². The quantitative estimate of drug-likeness (QED) is 0.658. The summed E-state index contributed by atoms with van der Waals surface area (Å²) in [5.41, 5.74) is 0.172. The van der Waals surface area contributed by atoms with Gasteiger partial charge in [0.1, 0.15) is 0 Å². The number of aliphatic hydroxyl groups excluding tert-OH is 1. The third kappa shape index (κ3) is 1.64. The van der Waals surface area contributed by atoms with E-state index in [1.54, 1.807) is 0 Å². The second-order valence-corrected chi connectivity index (χ2v) is 4.31. The predicted molar refractivity (Wildman–Crippen MR) is 51.1 cm³/mol. The number of aliphatic hydroxyl groups is 1. The molecule has 12 heavy (non-hydrogen) atoms. The Labute approximate surface area is 75.4 Å². The van der Waals surface area contributed by atoms with Crippen molar-refractivity contribution < 1.29 is 5.11 Å². The highest BCUT2D eigenvalue weighted by molar-refractivity contribution is 4.90. The Kier molecular flexibility index (Phi) is 3.13. The minimum absolute atomic E-state index is 0.167. The van der Waals surface area contributed by atoms with Crippen LogP contribution in [0.2, 0.25) is 0 Å². The lowest BCUT2D eigenvalue weighted by Gasteiger charge is -2.43. The van der Waals surface area contributed by atoms with Crippen molar-refractivity contribution in [1.29, 1.82) is 0 Å². The second-order valence-electron chi connectivity index (χ2n) is 4.31. The molecule has 1 heterocycles. The first-order chi connectivity index (χ1) is 5.59. The van der Waals surface area contributed by atoms with Gasteiger partial charge in [-0.15, -0.1) is 0 Å². The smallest absolute Gasteiger partial charge is 0.0571 e. The number of nitrogens with one attached hydrogen (secondary N) is 1. The first-order valence-electron chi connectivity index (χ1n) is 4.98. The van der Waals surface area contributed by atoms with Gasteiger partial charge in [0.05, 0.1) is 6.10 Å². The Morgan fingerprint density at radius 1 is 1.17 bits per heavy atom. The maximum absolute atomic E-state index is 9.77. The molecule has 0 radical (unpaired) electrons. The maximum Gasteiger partial charge on any atom is 0.0571 e. The van der Waals surface area contributed by atoms with Crippen LogP contribution in [0.25, 0.3) is 0 Å². The minimum atomic E-state index is -0.167. The third-order valence-corrected chi connectivity index (χ3v) is 3.52. The summed E-state index contributed by atoms with van der Waals surface area (Å²) in [6.07, 6.45) is 2.06. The zero-order chi connectivity index (χ0) is 9.19. The van der Waals surface area contributed by atoms with E-state index in [1.807, 2.05) is 6.92 Å². The van der Waals surface area contributed by atoms with E-state index in [1.165, 1.54) is 0 Å². The fraction of sp³-hybridized carbons (Fsp3) is 1.00. The van der Waals surface area contributed by atoms with Crippen LogP contribution in [0.4, 0.5) is 0 Å². The van der Waals surface area contributed by atoms with Gasteiger partial charge in [-0.2, -0.15) is 0 Å². The van der Waals surface area contributed by atoms with Gasteiger partial charge in [0.2, 0.25) is 0 Å². The van der Waals surface area contributed by atoms with Crippen LogP contribution in [-0.2, 0) is 0 Å². The molecular weight excluding hydrogens is 150 g/mol. The topological polar surface area (TPSA) is 32.3 Å². The fourth-order valence-electron chi connectivity index (χ4n) is 2.37. The normalized spacial score (nSPS) is 25.8. The summed E-state index contributed by atoms with van der Waals surface area (Å²) < 4.78 is 0. The zero-order valence-electron chi connectivity index (χ0n) is 8.43. The van der Waals surface area contributed by atoms with E-state index in [2.05, 4.69) is 19.2 Å². The molecule has 1 unspecified atom stereocenters. The molecule has 2 N–H and O–H groups in total. The van der Waals surface area contributed by atoms with Crippen molar-refractivity contribution in [2.75, 3.05) is 13.1 Å². The van der Waals surface area contributed by atoms with Crippen LogP contribution in [-0.4, -0.2) is 24.3 Å². The van der Waals surface area contributed by atoms with E-state index in [9.17, 15) is 5.11 Å². The number of hydrogen-bond acceptors (Lipinski definition) is 2. The van der Waals surface area contributed by atoms with Crippen molar-refractivity contribution in [3.05, 3.63) is 0 Å². The molecule has 0 aromatic rings. The number of piperidine rings is 1. The van der Waals surface area contributed by atoms with Gasteiger partial charge in [0.25, 0.3) is 0 Å². The first-order valence-corrected chi connectivity index (χ1v) is 4.98. The van der Waals surface area contributed by atoms with Crippen LogP contribution >= 0.6 is 0 Å². The molecule has 0 aromatic carbocycles. The Bertz CT molecular complexity index is 127. The summed E-state index contributed by atoms with van der Waals surface area (Å²) in [4.78, 5) is 0. The van der Waals surface area contributed by atoms with Gasteiger partial charge < -0.3 is 10.4 Å². The molecule has 0 spiro atoms. The Balaban J connectivity index is 2.70. The highest BCUT2D eigenvalue weighted by atomic mass is 16.3. The second kappa shape index (κ2) is 3.75. The average molecular weight is 171 g/mol. The maximum atomic E-state index is 9.77. The fourth-order valence-corrected chi connectivity index (χ4v) is 2.37. The van der Waals surface area contributed by atoms with Gasteiger partial charge in [-0.3, -0.25) is 0 Å². The van der Waals surface area contributed by atoms with Crippen LogP contribution in [0, 0.1) is 11.3 Å². The van der Waals surface area contributed by atoms with Crippen molar-refractivity contribution in [2.45, 2.75) is 39.7 Å². The van der Waals surface area contributed by atoms with Crippen LogP contribution in [0.3, 0.4) is 0 Å². The lowest BCUT2D eigenvalue weighted by Crippen LogP contribution is -2.46. The first kappa shape index (κ1) is 10.0. The highest BCUT2D eigenvalue weighted by Gasteiger charge is 2.39. The van der Waals surface area contributed by atoms with E-state index >= 15 is 0 Å². The SMILES string of the molecule is CC(C)C1(C(C)O)CCNCC1. The van der Waals surface area contributed by atoms with Gasteiger partial charge in [-0.1, -0.05) is 13.8 Å². The minimum Gasteiger partial charge on any atom is -0.393 e. The van der Waals surface area contributed by atoms with Gasteiger partial charge in [-0.05, 0) is 38.8 Å². The molecule has 72 valence electrons. The average Bonchev–Trinajstić information content (AvgIpc) is 2.05. The van der Waals surface area contributed by atoms with Crippen molar-refractivity contribution >= 4 is 0 Å². The molecule has 2 nitrogen and oxygen atoms in total. The largest absolute Gasteiger partial charge is 0.393 e. The van der Waals surface area contributed by atoms with Crippen molar-refractivity contribution in [3.8, 4) is 0 Å². The summed E-state index contributed by atoms with van der Waals surface area (Å²) in [6, 6.07) is 0.